The second-order valence-corrected chi connectivity index (χ2v) is 12.2. The Hall–Kier alpha value is -4.47. The van der Waals surface area contributed by atoms with Gasteiger partial charge in [0.1, 0.15) is 17.3 Å². The summed E-state index contributed by atoms with van der Waals surface area (Å²) < 4.78 is 41.8. The van der Waals surface area contributed by atoms with Crippen molar-refractivity contribution in [2.45, 2.75) is 49.1 Å². The summed E-state index contributed by atoms with van der Waals surface area (Å²) in [5.74, 6) is -2.25. The van der Waals surface area contributed by atoms with E-state index >= 15 is 0 Å². The van der Waals surface area contributed by atoms with E-state index in [9.17, 15) is 18.0 Å². The molecule has 1 aliphatic rings. The van der Waals surface area contributed by atoms with Gasteiger partial charge in [0.05, 0.1) is 18.4 Å². The lowest BCUT2D eigenvalue weighted by molar-refractivity contribution is -0.149. The highest BCUT2D eigenvalue weighted by molar-refractivity contribution is 7.87. The largest absolute Gasteiger partial charge is 0.464 e. The van der Waals surface area contributed by atoms with Crippen molar-refractivity contribution >= 4 is 22.1 Å². The molecule has 9 heteroatoms. The molecule has 0 saturated carbocycles. The average Bonchev–Trinajstić information content (AvgIpc) is 3.30. The van der Waals surface area contributed by atoms with Gasteiger partial charge < -0.3 is 19.4 Å². The Bertz CT molecular complexity index is 1660. The van der Waals surface area contributed by atoms with Crippen LogP contribution in [0.1, 0.15) is 48.8 Å². The smallest absolute Gasteiger partial charge is 0.339 e. The van der Waals surface area contributed by atoms with Gasteiger partial charge in [0.15, 0.2) is 0 Å². The Morgan fingerprint density at radius 2 is 1.35 bits per heavy atom. The van der Waals surface area contributed by atoms with Crippen LogP contribution in [-0.4, -0.2) is 39.1 Å². The summed E-state index contributed by atoms with van der Waals surface area (Å²) in [6, 6.07) is 28.9. The zero-order valence-corrected chi connectivity index (χ0v) is 24.7. The van der Waals surface area contributed by atoms with E-state index in [4.69, 9.17) is 19.4 Å². The molecule has 4 aromatic carbocycles. The minimum absolute atomic E-state index is 0.0151. The van der Waals surface area contributed by atoms with Crippen LogP contribution in [0.15, 0.2) is 108 Å². The van der Waals surface area contributed by atoms with Crippen molar-refractivity contribution in [2.75, 3.05) is 6.61 Å². The third-order valence-electron chi connectivity index (χ3n) is 7.28. The maximum Gasteiger partial charge on any atom is 0.339 e. The molecule has 0 aromatic heterocycles. The number of ether oxygens (including phenoxy) is 2. The molecule has 0 spiro atoms. The molecule has 43 heavy (non-hydrogen) atoms. The first-order valence-electron chi connectivity index (χ1n) is 14.0. The Morgan fingerprint density at radius 1 is 0.791 bits per heavy atom. The van der Waals surface area contributed by atoms with Crippen LogP contribution in [0.4, 0.5) is 0 Å². The van der Waals surface area contributed by atoms with Crippen molar-refractivity contribution in [1.29, 1.82) is 0 Å². The summed E-state index contributed by atoms with van der Waals surface area (Å²) in [5, 5.41) is 0. The van der Waals surface area contributed by atoms with Crippen LogP contribution in [0.2, 0.25) is 0 Å². The summed E-state index contributed by atoms with van der Waals surface area (Å²) in [6.45, 7) is 3.55. The highest BCUT2D eigenvalue weighted by Crippen LogP contribution is 2.44. The Labute approximate surface area is 251 Å². The van der Waals surface area contributed by atoms with Crippen molar-refractivity contribution in [3.05, 3.63) is 120 Å². The number of esters is 2. The Kier molecular flexibility index (Phi) is 8.94. The lowest BCUT2D eigenvalue weighted by atomic mass is 9.90. The van der Waals surface area contributed by atoms with Gasteiger partial charge in [0.2, 0.25) is 0 Å². The summed E-state index contributed by atoms with van der Waals surface area (Å²) >= 11 is 0. The summed E-state index contributed by atoms with van der Waals surface area (Å²) in [7, 11) is -4.05. The zero-order valence-electron chi connectivity index (χ0n) is 23.9. The van der Waals surface area contributed by atoms with Crippen LogP contribution in [0.3, 0.4) is 0 Å². The van der Waals surface area contributed by atoms with E-state index in [0.717, 1.165) is 22.3 Å². The molecule has 0 heterocycles. The Morgan fingerprint density at radius 3 is 1.93 bits per heavy atom. The summed E-state index contributed by atoms with van der Waals surface area (Å²) in [6.07, 6.45) is -0.552. The molecule has 0 radical (unpaired) electrons. The first-order valence-corrected chi connectivity index (χ1v) is 15.4. The average molecular weight is 600 g/mol. The lowest BCUT2D eigenvalue weighted by Gasteiger charge is -2.24. The van der Waals surface area contributed by atoms with Gasteiger partial charge in [-0.3, -0.25) is 9.59 Å². The number of carbonyl (C=O) groups is 2. The predicted octanol–water partition coefficient (Wildman–Crippen LogP) is 5.56. The maximum atomic E-state index is 13.7. The SMILES string of the molecule is CC(C)OC(=O)CC(N)C(C(=O)OCC1c2ccccc2-c2ccccc21)c1ccc(OS(=O)(=O)c2ccccc2)cc1. The fourth-order valence-electron chi connectivity index (χ4n) is 5.37. The second-order valence-electron chi connectivity index (χ2n) is 10.7. The monoisotopic (exact) mass is 599 g/mol. The first kappa shape index (κ1) is 30.0. The van der Waals surface area contributed by atoms with Crippen molar-refractivity contribution in [2.24, 2.45) is 5.73 Å². The quantitative estimate of drug-likeness (QED) is 0.176. The number of benzene rings is 4. The number of rotatable bonds is 11. The third-order valence-corrected chi connectivity index (χ3v) is 8.54. The third kappa shape index (κ3) is 6.79. The van der Waals surface area contributed by atoms with Crippen molar-refractivity contribution in [3.8, 4) is 16.9 Å². The first-order chi connectivity index (χ1) is 20.6. The van der Waals surface area contributed by atoms with Gasteiger partial charge in [0, 0.05) is 12.0 Å². The predicted molar refractivity (Wildman–Crippen MR) is 162 cm³/mol. The van der Waals surface area contributed by atoms with E-state index < -0.39 is 34.0 Å². The van der Waals surface area contributed by atoms with E-state index in [2.05, 4.69) is 12.1 Å². The number of hydrogen-bond donors (Lipinski definition) is 1. The van der Waals surface area contributed by atoms with Crippen molar-refractivity contribution < 1.29 is 31.7 Å². The highest BCUT2D eigenvalue weighted by Gasteiger charge is 2.34. The maximum absolute atomic E-state index is 13.7. The fraction of sp³-hybridized carbons (Fsp3) is 0.235. The molecule has 2 N–H and O–H groups in total. The molecule has 5 rings (SSSR count). The molecule has 0 saturated heterocycles. The molecule has 4 aromatic rings. The van der Waals surface area contributed by atoms with E-state index in [1.54, 1.807) is 44.2 Å². The van der Waals surface area contributed by atoms with Gasteiger partial charge in [-0.15, -0.1) is 0 Å². The van der Waals surface area contributed by atoms with Crippen LogP contribution in [0.5, 0.6) is 5.75 Å². The molecule has 1 aliphatic carbocycles. The molecule has 0 amide bonds. The van der Waals surface area contributed by atoms with Gasteiger partial charge in [-0.05, 0) is 65.9 Å². The molecular weight excluding hydrogens is 566 g/mol. The molecule has 8 nitrogen and oxygen atoms in total. The minimum Gasteiger partial charge on any atom is -0.464 e. The molecule has 0 aliphatic heterocycles. The van der Waals surface area contributed by atoms with Gasteiger partial charge in [-0.2, -0.15) is 8.42 Å². The summed E-state index contributed by atoms with van der Waals surface area (Å²) in [5.41, 5.74) is 11.2. The standard InChI is InChI=1S/C34H33NO7S/c1-22(2)41-32(36)20-31(35)33(23-16-18-24(19-17-23)42-43(38,39)25-10-4-3-5-11-25)34(37)40-21-30-28-14-8-6-12-26(28)27-13-7-9-15-29(27)30/h3-19,22,30-31,33H,20-21,35H2,1-2H3. The number of nitrogens with two attached hydrogens (primary N) is 1. The van der Waals surface area contributed by atoms with E-state index in [1.165, 1.54) is 24.3 Å². The molecule has 2 atom stereocenters. The number of hydrogen-bond acceptors (Lipinski definition) is 8. The number of fused-ring (bicyclic) bond motifs is 3. The normalized spacial score (nSPS) is 14.0. The second kappa shape index (κ2) is 12.8. The van der Waals surface area contributed by atoms with Crippen LogP contribution < -0.4 is 9.92 Å². The Balaban J connectivity index is 1.37. The van der Waals surface area contributed by atoms with Crippen LogP contribution in [0, 0.1) is 0 Å². The van der Waals surface area contributed by atoms with Gasteiger partial charge in [-0.25, -0.2) is 0 Å². The fourth-order valence-corrected chi connectivity index (χ4v) is 6.32. The molecule has 0 fully saturated rings. The van der Waals surface area contributed by atoms with E-state index in [0.29, 0.717) is 5.56 Å². The van der Waals surface area contributed by atoms with Gasteiger partial charge >= 0.3 is 22.1 Å². The van der Waals surface area contributed by atoms with Crippen LogP contribution >= 0.6 is 0 Å². The van der Waals surface area contributed by atoms with E-state index in [1.807, 2.05) is 36.4 Å². The van der Waals surface area contributed by atoms with E-state index in [-0.39, 0.29) is 35.7 Å². The van der Waals surface area contributed by atoms with Gasteiger partial charge in [0.25, 0.3) is 0 Å². The minimum atomic E-state index is -4.05. The zero-order chi connectivity index (χ0) is 30.6. The van der Waals surface area contributed by atoms with Crippen molar-refractivity contribution in [3.63, 3.8) is 0 Å². The van der Waals surface area contributed by atoms with Crippen LogP contribution in [-0.2, 0) is 29.2 Å². The molecular formula is C34H33NO7S. The lowest BCUT2D eigenvalue weighted by Crippen LogP contribution is -2.37. The number of carbonyl (C=O) groups excluding carboxylic acids is 2. The molecule has 2 unspecified atom stereocenters. The highest BCUT2D eigenvalue weighted by atomic mass is 32.2. The van der Waals surface area contributed by atoms with Gasteiger partial charge in [-0.1, -0.05) is 78.9 Å². The summed E-state index contributed by atoms with van der Waals surface area (Å²) in [4.78, 5) is 26.2. The molecule has 0 bridgehead atoms. The van der Waals surface area contributed by atoms with Crippen LogP contribution in [0.25, 0.3) is 11.1 Å². The van der Waals surface area contributed by atoms with Crippen molar-refractivity contribution in [1.82, 2.24) is 0 Å². The topological polar surface area (TPSA) is 122 Å². The molecule has 222 valence electrons.